The third-order valence-corrected chi connectivity index (χ3v) is 8.98. The van der Waals surface area contributed by atoms with Crippen LogP contribution < -0.4 is 20.1 Å². The van der Waals surface area contributed by atoms with Gasteiger partial charge in [0, 0.05) is 43.2 Å². The first-order chi connectivity index (χ1) is 22.9. The SMILES string of the molecule is C=C(F)C(=O)N1CCN(c2nc(OC[C@@H]3CCCN3C)nc3cc(-c4nc(N)cc(C#N)c4C(F)(F)F)c4c(c23)OCC4)C[C@@H]1CC#N. The van der Waals surface area contributed by atoms with Gasteiger partial charge in [0.1, 0.15) is 24.0 Å². The summed E-state index contributed by atoms with van der Waals surface area (Å²) in [6.07, 6.45) is -2.92. The molecule has 3 aliphatic rings. The summed E-state index contributed by atoms with van der Waals surface area (Å²) in [6, 6.07) is 5.32. The highest BCUT2D eigenvalue weighted by Crippen LogP contribution is 2.47. The molecule has 1 aromatic carbocycles. The number of nitrogens with two attached hydrogens (primary N) is 1. The lowest BCUT2D eigenvalue weighted by molar-refractivity contribution is -0.137. The van der Waals surface area contributed by atoms with Gasteiger partial charge in [-0.25, -0.2) is 9.37 Å². The van der Waals surface area contributed by atoms with Crippen LogP contribution in [0.25, 0.3) is 22.2 Å². The lowest BCUT2D eigenvalue weighted by atomic mass is 9.93. The lowest BCUT2D eigenvalue weighted by Gasteiger charge is -2.41. The molecule has 16 heteroatoms. The van der Waals surface area contributed by atoms with E-state index in [-0.39, 0.29) is 80.4 Å². The molecule has 0 unspecified atom stereocenters. The predicted octanol–water partition coefficient (Wildman–Crippen LogP) is 3.99. The van der Waals surface area contributed by atoms with Crippen LogP contribution in [-0.2, 0) is 17.4 Å². The zero-order valence-electron chi connectivity index (χ0n) is 26.0. The smallest absolute Gasteiger partial charge is 0.419 e. The van der Waals surface area contributed by atoms with Crippen LogP contribution in [-0.4, -0.2) is 89.2 Å². The van der Waals surface area contributed by atoms with E-state index in [0.717, 1.165) is 25.5 Å². The summed E-state index contributed by atoms with van der Waals surface area (Å²) in [6.45, 7) is 4.71. The maximum Gasteiger partial charge on any atom is 0.419 e. The molecule has 2 aromatic heterocycles. The van der Waals surface area contributed by atoms with Gasteiger partial charge in [-0.1, -0.05) is 6.58 Å². The maximum absolute atomic E-state index is 14.5. The highest BCUT2D eigenvalue weighted by atomic mass is 19.4. The zero-order chi connectivity index (χ0) is 34.3. The molecule has 0 radical (unpaired) electrons. The van der Waals surface area contributed by atoms with Crippen molar-refractivity contribution in [3.63, 3.8) is 0 Å². The van der Waals surface area contributed by atoms with Crippen LogP contribution in [0.5, 0.6) is 11.8 Å². The number of aromatic nitrogens is 3. The Morgan fingerprint density at radius 2 is 1.98 bits per heavy atom. The number of likely N-dealkylation sites (tertiary alicyclic amines) is 1. The average molecular weight is 666 g/mol. The molecule has 3 aliphatic heterocycles. The van der Waals surface area contributed by atoms with Crippen molar-refractivity contribution >= 4 is 28.4 Å². The van der Waals surface area contributed by atoms with Gasteiger partial charge in [-0.3, -0.25) is 4.79 Å². The van der Waals surface area contributed by atoms with Gasteiger partial charge in [-0.15, -0.1) is 0 Å². The quantitative estimate of drug-likeness (QED) is 0.288. The highest BCUT2D eigenvalue weighted by molar-refractivity contribution is 6.01. The number of alkyl halides is 3. The van der Waals surface area contributed by atoms with E-state index in [4.69, 9.17) is 20.2 Å². The minimum atomic E-state index is -4.93. The van der Waals surface area contributed by atoms with Gasteiger partial charge in [-0.05, 0) is 38.6 Å². The fraction of sp³-hybridized carbons (Fsp3) is 0.438. The first kappa shape index (κ1) is 32.7. The molecule has 2 atom stereocenters. The number of piperazine rings is 1. The van der Waals surface area contributed by atoms with Crippen LogP contribution in [0.15, 0.2) is 24.5 Å². The van der Waals surface area contributed by atoms with Gasteiger partial charge >= 0.3 is 12.2 Å². The molecule has 6 rings (SSSR count). The van der Waals surface area contributed by atoms with Gasteiger partial charge in [0.25, 0.3) is 5.91 Å². The predicted molar refractivity (Wildman–Crippen MR) is 165 cm³/mol. The fourth-order valence-corrected chi connectivity index (χ4v) is 6.68. The Kier molecular flexibility index (Phi) is 8.70. The first-order valence-corrected chi connectivity index (χ1v) is 15.3. The number of pyridine rings is 1. The van der Waals surface area contributed by atoms with E-state index < -0.39 is 40.8 Å². The Morgan fingerprint density at radius 1 is 1.19 bits per heavy atom. The molecule has 12 nitrogen and oxygen atoms in total. The third-order valence-electron chi connectivity index (χ3n) is 8.98. The molecule has 250 valence electrons. The van der Waals surface area contributed by atoms with Crippen LogP contribution in [0.2, 0.25) is 0 Å². The number of ether oxygens (including phenoxy) is 2. The van der Waals surface area contributed by atoms with Crippen LogP contribution in [0.1, 0.15) is 36.0 Å². The molecule has 2 saturated heterocycles. The number of carbonyl (C=O) groups excluding carboxylic acids is 1. The Hall–Kier alpha value is -5.22. The number of likely N-dealkylation sites (N-methyl/N-ethyl adjacent to an activating group) is 1. The van der Waals surface area contributed by atoms with Crippen LogP contribution in [0.3, 0.4) is 0 Å². The maximum atomic E-state index is 14.5. The van der Waals surface area contributed by atoms with Crippen LogP contribution in [0, 0.1) is 22.7 Å². The molecular weight excluding hydrogens is 634 g/mol. The van der Waals surface area contributed by atoms with E-state index in [0.29, 0.717) is 16.8 Å². The Bertz CT molecular complexity index is 1890. The minimum Gasteiger partial charge on any atom is -0.492 e. The van der Waals surface area contributed by atoms with Gasteiger partial charge < -0.3 is 29.9 Å². The summed E-state index contributed by atoms with van der Waals surface area (Å²) >= 11 is 0. The van der Waals surface area contributed by atoms with Crippen molar-refractivity contribution in [2.24, 2.45) is 0 Å². The average Bonchev–Trinajstić information content (AvgIpc) is 3.70. The molecule has 0 aliphatic carbocycles. The summed E-state index contributed by atoms with van der Waals surface area (Å²) in [5.41, 5.74) is 4.12. The molecule has 5 heterocycles. The number of nitrogen functional groups attached to an aromatic ring is 1. The molecule has 3 aromatic rings. The lowest BCUT2D eigenvalue weighted by Crippen LogP contribution is -2.55. The second-order valence-corrected chi connectivity index (χ2v) is 11.9. The van der Waals surface area contributed by atoms with E-state index in [1.165, 1.54) is 11.0 Å². The van der Waals surface area contributed by atoms with Crippen molar-refractivity contribution in [2.75, 3.05) is 57.1 Å². The number of nitriles is 2. The molecule has 1 amide bonds. The molecule has 48 heavy (non-hydrogen) atoms. The number of fused-ring (bicyclic) bond motifs is 3. The van der Waals surface area contributed by atoms with Gasteiger partial charge in [0.05, 0.1) is 58.9 Å². The number of hydrogen-bond donors (Lipinski definition) is 1. The van der Waals surface area contributed by atoms with Crippen molar-refractivity contribution in [1.29, 1.82) is 10.5 Å². The second kappa shape index (κ2) is 12.8. The Morgan fingerprint density at radius 3 is 2.65 bits per heavy atom. The highest BCUT2D eigenvalue weighted by Gasteiger charge is 2.40. The summed E-state index contributed by atoms with van der Waals surface area (Å²) in [7, 11) is 1.98. The number of nitrogens with zero attached hydrogens (tertiary/aromatic N) is 8. The monoisotopic (exact) mass is 665 g/mol. The van der Waals surface area contributed by atoms with Crippen LogP contribution in [0.4, 0.5) is 29.2 Å². The topological polar surface area (TPSA) is 158 Å². The van der Waals surface area contributed by atoms with Gasteiger partial charge in [-0.2, -0.15) is 33.7 Å². The number of hydrogen-bond acceptors (Lipinski definition) is 11. The van der Waals surface area contributed by atoms with Gasteiger partial charge in [0.15, 0.2) is 5.83 Å². The molecule has 2 fully saturated rings. The van der Waals surface area contributed by atoms with Crippen molar-refractivity contribution in [2.45, 2.75) is 43.9 Å². The minimum absolute atomic E-state index is 0.0385. The normalized spacial score (nSPS) is 19.5. The number of carbonyl (C=O) groups is 1. The number of amides is 1. The Balaban J connectivity index is 1.53. The van der Waals surface area contributed by atoms with E-state index in [2.05, 4.69) is 21.4 Å². The number of anilines is 2. The third kappa shape index (κ3) is 5.99. The van der Waals surface area contributed by atoms with Crippen molar-refractivity contribution in [1.82, 2.24) is 24.8 Å². The first-order valence-electron chi connectivity index (χ1n) is 15.3. The van der Waals surface area contributed by atoms with Crippen molar-refractivity contribution in [3.8, 4) is 35.2 Å². The fourth-order valence-electron chi connectivity index (χ4n) is 6.68. The summed E-state index contributed by atoms with van der Waals surface area (Å²) in [5, 5.41) is 19.5. The number of rotatable bonds is 7. The number of halogens is 4. The molecular formula is C32H31F4N9O3. The molecule has 0 spiro atoms. The van der Waals surface area contributed by atoms with E-state index in [9.17, 15) is 32.9 Å². The number of benzene rings is 1. The molecule has 0 saturated carbocycles. The standard InChI is InChI=1S/C32H31F4N9O3/c1-17(33)30(46)45-10-9-44(15-19(45)5-7-37)29-25-23(40-31(42-29)48-16-20-4-3-8-43(20)2)13-22(21-6-11-47-28(21)25)27-26(32(34,35)36)18(14-38)12-24(39)41-27/h12-13,19-20H,1,3-6,8-11,15-16H2,2H3,(H2,39,41)/t19-,20-/m0/s1. The van der Waals surface area contributed by atoms with E-state index in [1.807, 2.05) is 13.1 Å². The summed E-state index contributed by atoms with van der Waals surface area (Å²) in [4.78, 5) is 31.2. The summed E-state index contributed by atoms with van der Waals surface area (Å²) in [5.74, 6) is -1.75. The van der Waals surface area contributed by atoms with Crippen molar-refractivity contribution < 1.29 is 31.8 Å². The second-order valence-electron chi connectivity index (χ2n) is 11.9. The van der Waals surface area contributed by atoms with Crippen LogP contribution >= 0.6 is 0 Å². The zero-order valence-corrected chi connectivity index (χ0v) is 26.0. The Labute approximate surface area is 273 Å². The van der Waals surface area contributed by atoms with Crippen molar-refractivity contribution in [3.05, 3.63) is 41.2 Å². The van der Waals surface area contributed by atoms with E-state index in [1.54, 1.807) is 11.0 Å². The van der Waals surface area contributed by atoms with Gasteiger partial charge in [0.2, 0.25) is 0 Å². The largest absolute Gasteiger partial charge is 0.492 e. The summed E-state index contributed by atoms with van der Waals surface area (Å²) < 4.78 is 69.4. The molecule has 0 bridgehead atoms. The van der Waals surface area contributed by atoms with E-state index >= 15 is 0 Å². The molecule has 2 N–H and O–H groups in total.